The van der Waals surface area contributed by atoms with Gasteiger partial charge in [-0.15, -0.1) is 0 Å². The summed E-state index contributed by atoms with van der Waals surface area (Å²) < 4.78 is 23.0. The van der Waals surface area contributed by atoms with Gasteiger partial charge in [0.2, 0.25) is 0 Å². The van der Waals surface area contributed by atoms with Crippen LogP contribution in [-0.2, 0) is 9.84 Å². The van der Waals surface area contributed by atoms with Crippen LogP contribution in [0.4, 0.5) is 17.3 Å². The van der Waals surface area contributed by atoms with E-state index in [2.05, 4.69) is 10.4 Å². The number of anilines is 2. The Balaban J connectivity index is 2.32. The number of nitrogens with two attached hydrogens (primary N) is 1. The first kappa shape index (κ1) is 14.5. The van der Waals surface area contributed by atoms with Gasteiger partial charge in [-0.05, 0) is 6.42 Å². The van der Waals surface area contributed by atoms with Crippen LogP contribution < -0.4 is 16.2 Å². The van der Waals surface area contributed by atoms with Crippen LogP contribution in [0.1, 0.15) is 6.42 Å². The first-order valence-corrected chi connectivity index (χ1v) is 7.71. The van der Waals surface area contributed by atoms with Crippen LogP contribution in [0, 0.1) is 10.1 Å². The molecule has 1 saturated heterocycles. The van der Waals surface area contributed by atoms with Gasteiger partial charge in [0.15, 0.2) is 9.84 Å². The lowest BCUT2D eigenvalue weighted by Crippen LogP contribution is -2.33. The number of nitrogens with one attached hydrogen (secondary N) is 1. The summed E-state index contributed by atoms with van der Waals surface area (Å²) in [5.74, 6) is 5.85. The third-order valence-corrected chi connectivity index (χ3v) is 5.02. The number of nitro groups is 1. The summed E-state index contributed by atoms with van der Waals surface area (Å²) in [6.07, 6.45) is 0.481. The quantitative estimate of drug-likeness (QED) is 0.447. The molecule has 10 heteroatoms. The van der Waals surface area contributed by atoms with Gasteiger partial charge < -0.3 is 10.3 Å². The first-order valence-electron chi connectivity index (χ1n) is 5.89. The van der Waals surface area contributed by atoms with Crippen molar-refractivity contribution >= 4 is 27.2 Å². The second-order valence-corrected chi connectivity index (χ2v) is 6.87. The van der Waals surface area contributed by atoms with Gasteiger partial charge in [-0.1, -0.05) is 0 Å². The maximum atomic E-state index is 11.5. The average molecular weight is 301 g/mol. The van der Waals surface area contributed by atoms with E-state index in [0.29, 0.717) is 12.2 Å². The van der Waals surface area contributed by atoms with Crippen molar-refractivity contribution in [1.29, 1.82) is 0 Å². The third kappa shape index (κ3) is 2.96. The van der Waals surface area contributed by atoms with Crippen LogP contribution in [0.5, 0.6) is 0 Å². The minimum Gasteiger partial charge on any atom is -0.355 e. The highest BCUT2D eigenvalue weighted by atomic mass is 32.2. The standard InChI is InChI=1S/C10H15N5O4S/c1-14(7-2-3-20(18,19)6-7)10-5-8(15(16)17)4-9(12-10)13-11/h4-5,7H,2-3,6,11H2,1H3,(H,12,13). The molecule has 0 aromatic carbocycles. The number of hydrazine groups is 1. The lowest BCUT2D eigenvalue weighted by molar-refractivity contribution is -0.384. The van der Waals surface area contributed by atoms with Crippen LogP contribution >= 0.6 is 0 Å². The fourth-order valence-corrected chi connectivity index (χ4v) is 3.90. The van der Waals surface area contributed by atoms with Gasteiger partial charge in [0.25, 0.3) is 5.69 Å². The van der Waals surface area contributed by atoms with E-state index in [-0.39, 0.29) is 29.1 Å². The Hall–Kier alpha value is -1.94. The number of hydrogen-bond acceptors (Lipinski definition) is 8. The predicted octanol–water partition coefficient (Wildman–Crippen LogP) is -0.101. The van der Waals surface area contributed by atoms with Gasteiger partial charge >= 0.3 is 0 Å². The van der Waals surface area contributed by atoms with Crippen LogP contribution in [-0.4, -0.2) is 42.9 Å². The van der Waals surface area contributed by atoms with Crippen LogP contribution in [0.3, 0.4) is 0 Å². The summed E-state index contributed by atoms with van der Waals surface area (Å²) in [4.78, 5) is 16.1. The minimum absolute atomic E-state index is 0.0270. The number of aromatic nitrogens is 1. The van der Waals surface area contributed by atoms with Crippen LogP contribution in [0.2, 0.25) is 0 Å². The van der Waals surface area contributed by atoms with E-state index in [4.69, 9.17) is 5.84 Å². The van der Waals surface area contributed by atoms with Crippen molar-refractivity contribution in [2.75, 3.05) is 28.9 Å². The number of nitrogen functional groups attached to an aromatic ring is 1. The van der Waals surface area contributed by atoms with Crippen molar-refractivity contribution < 1.29 is 13.3 Å². The molecule has 1 aromatic heterocycles. The Kier molecular flexibility index (Phi) is 3.77. The van der Waals surface area contributed by atoms with Crippen molar-refractivity contribution in [2.24, 2.45) is 5.84 Å². The molecular formula is C10H15N5O4S. The molecule has 20 heavy (non-hydrogen) atoms. The van der Waals surface area contributed by atoms with Gasteiger partial charge in [-0.25, -0.2) is 19.2 Å². The molecule has 0 amide bonds. The highest BCUT2D eigenvalue weighted by Gasteiger charge is 2.31. The van der Waals surface area contributed by atoms with E-state index in [0.717, 1.165) is 0 Å². The summed E-state index contributed by atoms with van der Waals surface area (Å²) in [7, 11) is -1.37. The van der Waals surface area contributed by atoms with Crippen molar-refractivity contribution in [3.8, 4) is 0 Å². The Morgan fingerprint density at radius 3 is 2.75 bits per heavy atom. The molecule has 1 fully saturated rings. The molecule has 9 nitrogen and oxygen atoms in total. The van der Waals surface area contributed by atoms with E-state index in [1.54, 1.807) is 11.9 Å². The molecule has 1 aliphatic heterocycles. The monoisotopic (exact) mass is 301 g/mol. The van der Waals surface area contributed by atoms with E-state index >= 15 is 0 Å². The molecule has 2 heterocycles. The molecule has 0 spiro atoms. The van der Waals surface area contributed by atoms with E-state index in [1.807, 2.05) is 0 Å². The van der Waals surface area contributed by atoms with E-state index in [9.17, 15) is 18.5 Å². The molecule has 1 atom stereocenters. The fourth-order valence-electron chi connectivity index (χ4n) is 2.13. The first-order chi connectivity index (χ1) is 9.32. The Labute approximate surface area is 115 Å². The van der Waals surface area contributed by atoms with Gasteiger partial charge in [0, 0.05) is 13.1 Å². The van der Waals surface area contributed by atoms with Crippen molar-refractivity contribution in [2.45, 2.75) is 12.5 Å². The molecular weight excluding hydrogens is 286 g/mol. The van der Waals surface area contributed by atoms with Gasteiger partial charge in [-0.3, -0.25) is 10.1 Å². The lowest BCUT2D eigenvalue weighted by Gasteiger charge is -2.24. The Morgan fingerprint density at radius 1 is 1.55 bits per heavy atom. The number of sulfone groups is 1. The largest absolute Gasteiger partial charge is 0.355 e. The molecule has 2 rings (SSSR count). The smallest absolute Gasteiger partial charge is 0.276 e. The zero-order valence-corrected chi connectivity index (χ0v) is 11.6. The third-order valence-electron chi connectivity index (χ3n) is 3.27. The van der Waals surface area contributed by atoms with Crippen molar-refractivity contribution in [3.05, 3.63) is 22.2 Å². The molecule has 0 saturated carbocycles. The highest BCUT2D eigenvalue weighted by molar-refractivity contribution is 7.91. The summed E-state index contributed by atoms with van der Waals surface area (Å²) in [5.41, 5.74) is 2.11. The fraction of sp³-hybridized carbons (Fsp3) is 0.500. The maximum Gasteiger partial charge on any atom is 0.276 e. The van der Waals surface area contributed by atoms with Crippen LogP contribution in [0.25, 0.3) is 0 Å². The maximum absolute atomic E-state index is 11.5. The summed E-state index contributed by atoms with van der Waals surface area (Å²) in [5, 5.41) is 10.9. The van der Waals surface area contributed by atoms with Crippen molar-refractivity contribution in [1.82, 2.24) is 4.98 Å². The topological polar surface area (TPSA) is 131 Å². The van der Waals surface area contributed by atoms with Gasteiger partial charge in [0.05, 0.1) is 28.6 Å². The van der Waals surface area contributed by atoms with Gasteiger partial charge in [-0.2, -0.15) is 0 Å². The molecule has 1 aromatic rings. The normalized spacial score (nSPS) is 20.6. The number of nitrogens with zero attached hydrogens (tertiary/aromatic N) is 3. The highest BCUT2D eigenvalue weighted by Crippen LogP contribution is 2.26. The number of hydrogen-bond donors (Lipinski definition) is 2. The minimum atomic E-state index is -3.03. The zero-order chi connectivity index (χ0) is 14.9. The summed E-state index contributed by atoms with van der Waals surface area (Å²) in [6, 6.07) is 2.27. The zero-order valence-electron chi connectivity index (χ0n) is 10.8. The molecule has 0 aliphatic carbocycles. The van der Waals surface area contributed by atoms with Crippen molar-refractivity contribution in [3.63, 3.8) is 0 Å². The molecule has 0 radical (unpaired) electrons. The molecule has 1 aliphatic rings. The van der Waals surface area contributed by atoms with Gasteiger partial charge in [0.1, 0.15) is 11.6 Å². The summed E-state index contributed by atoms with van der Waals surface area (Å²) >= 11 is 0. The second kappa shape index (κ2) is 5.21. The molecule has 0 bridgehead atoms. The second-order valence-electron chi connectivity index (χ2n) is 4.64. The van der Waals surface area contributed by atoms with E-state index < -0.39 is 14.8 Å². The Bertz CT molecular complexity index is 633. The average Bonchev–Trinajstić information content (AvgIpc) is 2.77. The molecule has 1 unspecified atom stereocenters. The number of pyridine rings is 1. The Morgan fingerprint density at radius 2 is 2.25 bits per heavy atom. The number of rotatable bonds is 4. The van der Waals surface area contributed by atoms with Crippen LogP contribution in [0.15, 0.2) is 12.1 Å². The van der Waals surface area contributed by atoms with E-state index in [1.165, 1.54) is 12.1 Å². The SMILES string of the molecule is CN(c1cc([N+](=O)[O-])cc(NN)n1)C1CCS(=O)(=O)C1. The molecule has 3 N–H and O–H groups in total. The molecule has 110 valence electrons. The summed E-state index contributed by atoms with van der Waals surface area (Å²) in [6.45, 7) is 0. The lowest BCUT2D eigenvalue weighted by atomic mass is 10.2. The predicted molar refractivity (Wildman–Crippen MR) is 74.2 cm³/mol.